The minimum absolute atomic E-state index is 0.0375. The van der Waals surface area contributed by atoms with E-state index in [2.05, 4.69) is 22.0 Å². The van der Waals surface area contributed by atoms with Crippen molar-refractivity contribution in [2.75, 3.05) is 32.7 Å². The molecule has 0 atom stereocenters. The van der Waals surface area contributed by atoms with Gasteiger partial charge >= 0.3 is 0 Å². The monoisotopic (exact) mass is 272 g/mol. The summed E-state index contributed by atoms with van der Waals surface area (Å²) >= 11 is 5.56. The maximum absolute atomic E-state index is 12.0. The van der Waals surface area contributed by atoms with Crippen LogP contribution in [0.25, 0.3) is 0 Å². The van der Waals surface area contributed by atoms with Crippen LogP contribution in [0.15, 0.2) is 4.42 Å². The molecule has 2 heterocycles. The second-order valence-corrected chi connectivity index (χ2v) is 4.48. The van der Waals surface area contributed by atoms with Gasteiger partial charge in [0, 0.05) is 26.2 Å². The first-order valence-corrected chi connectivity index (χ1v) is 6.63. The number of nitrogens with zero attached hydrogens (tertiary/aromatic N) is 4. The van der Waals surface area contributed by atoms with Crippen LogP contribution < -0.4 is 0 Å². The Morgan fingerprint density at radius 2 is 1.94 bits per heavy atom. The van der Waals surface area contributed by atoms with Crippen molar-refractivity contribution >= 4 is 17.5 Å². The van der Waals surface area contributed by atoms with Crippen LogP contribution in [0.4, 0.5) is 0 Å². The van der Waals surface area contributed by atoms with Gasteiger partial charge in [0.25, 0.3) is 0 Å². The first-order valence-electron chi connectivity index (χ1n) is 6.10. The first kappa shape index (κ1) is 13.3. The van der Waals surface area contributed by atoms with Gasteiger partial charge < -0.3 is 14.2 Å². The molecular weight excluding hydrogens is 256 g/mol. The summed E-state index contributed by atoms with van der Waals surface area (Å²) in [5, 5.41) is 7.52. The van der Waals surface area contributed by atoms with Gasteiger partial charge in [-0.2, -0.15) is 0 Å². The molecule has 7 heteroatoms. The van der Waals surface area contributed by atoms with Gasteiger partial charge in [-0.15, -0.1) is 21.8 Å². The highest BCUT2D eigenvalue weighted by Gasteiger charge is 2.21. The summed E-state index contributed by atoms with van der Waals surface area (Å²) in [6, 6.07) is 0. The topological polar surface area (TPSA) is 62.5 Å². The van der Waals surface area contributed by atoms with Crippen LogP contribution in [0.5, 0.6) is 0 Å². The third-order valence-electron chi connectivity index (χ3n) is 3.10. The van der Waals surface area contributed by atoms with E-state index >= 15 is 0 Å². The van der Waals surface area contributed by atoms with Crippen molar-refractivity contribution in [2.45, 2.75) is 19.2 Å². The van der Waals surface area contributed by atoms with Gasteiger partial charge in [0.2, 0.25) is 17.7 Å². The molecule has 100 valence electrons. The van der Waals surface area contributed by atoms with Crippen LogP contribution in [0.1, 0.15) is 18.7 Å². The van der Waals surface area contributed by atoms with E-state index in [-0.39, 0.29) is 18.2 Å². The zero-order chi connectivity index (χ0) is 13.0. The van der Waals surface area contributed by atoms with Crippen molar-refractivity contribution in [3.05, 3.63) is 11.8 Å². The van der Waals surface area contributed by atoms with E-state index in [0.29, 0.717) is 11.8 Å². The minimum Gasteiger partial charge on any atom is -0.423 e. The molecule has 2 rings (SSSR count). The fourth-order valence-electron chi connectivity index (χ4n) is 1.97. The molecule has 1 aromatic rings. The molecule has 1 amide bonds. The SMILES string of the molecule is CCN1CCN(C(=O)Cc2nnc(CCl)o2)CC1. The van der Waals surface area contributed by atoms with Gasteiger partial charge in [-0.05, 0) is 6.54 Å². The van der Waals surface area contributed by atoms with E-state index in [0.717, 1.165) is 32.7 Å². The zero-order valence-corrected chi connectivity index (χ0v) is 11.2. The molecule has 0 spiro atoms. The molecule has 1 aliphatic heterocycles. The maximum atomic E-state index is 12.0. The Hall–Kier alpha value is -1.14. The average molecular weight is 273 g/mol. The average Bonchev–Trinajstić information content (AvgIpc) is 2.86. The van der Waals surface area contributed by atoms with Crippen LogP contribution >= 0.6 is 11.6 Å². The molecule has 1 fully saturated rings. The van der Waals surface area contributed by atoms with Crippen LogP contribution in [0.3, 0.4) is 0 Å². The Morgan fingerprint density at radius 3 is 2.50 bits per heavy atom. The van der Waals surface area contributed by atoms with Crippen LogP contribution in [0, 0.1) is 0 Å². The lowest BCUT2D eigenvalue weighted by molar-refractivity contribution is -0.132. The van der Waals surface area contributed by atoms with E-state index in [1.165, 1.54) is 0 Å². The number of carbonyl (C=O) groups is 1. The highest BCUT2D eigenvalue weighted by Crippen LogP contribution is 2.07. The Morgan fingerprint density at radius 1 is 1.28 bits per heavy atom. The van der Waals surface area contributed by atoms with Crippen molar-refractivity contribution in [3.8, 4) is 0 Å². The Kier molecular flexibility index (Phi) is 4.54. The second kappa shape index (κ2) is 6.15. The number of alkyl halides is 1. The standard InChI is InChI=1S/C11H17ClN4O2/c1-2-15-3-5-16(6-4-15)11(17)7-9-13-14-10(8-12)18-9/h2-8H2,1H3. The Labute approximate surface area is 111 Å². The number of hydrogen-bond acceptors (Lipinski definition) is 5. The molecule has 0 aromatic carbocycles. The third kappa shape index (κ3) is 3.20. The van der Waals surface area contributed by atoms with Gasteiger partial charge in [-0.3, -0.25) is 4.79 Å². The Balaban J connectivity index is 1.85. The predicted octanol–water partition coefficient (Wildman–Crippen LogP) is 0.515. The van der Waals surface area contributed by atoms with Crippen LogP contribution in [-0.2, 0) is 17.1 Å². The van der Waals surface area contributed by atoms with Gasteiger partial charge in [-0.25, -0.2) is 0 Å². The van der Waals surface area contributed by atoms with Crippen molar-refractivity contribution in [2.24, 2.45) is 0 Å². The molecule has 1 aliphatic rings. The Bertz CT molecular complexity index is 402. The zero-order valence-electron chi connectivity index (χ0n) is 10.4. The van der Waals surface area contributed by atoms with Crippen molar-refractivity contribution in [1.29, 1.82) is 0 Å². The molecule has 18 heavy (non-hydrogen) atoms. The van der Waals surface area contributed by atoms with Gasteiger partial charge in [-0.1, -0.05) is 6.92 Å². The molecular formula is C11H17ClN4O2. The quantitative estimate of drug-likeness (QED) is 0.748. The lowest BCUT2D eigenvalue weighted by atomic mass is 10.3. The molecule has 6 nitrogen and oxygen atoms in total. The second-order valence-electron chi connectivity index (χ2n) is 4.21. The fraction of sp³-hybridized carbons (Fsp3) is 0.727. The summed E-state index contributed by atoms with van der Waals surface area (Å²) in [5.74, 6) is 0.912. The summed E-state index contributed by atoms with van der Waals surface area (Å²) in [6.45, 7) is 6.55. The molecule has 0 aliphatic carbocycles. The van der Waals surface area contributed by atoms with E-state index in [9.17, 15) is 4.79 Å². The number of hydrogen-bond donors (Lipinski definition) is 0. The third-order valence-corrected chi connectivity index (χ3v) is 3.33. The van der Waals surface area contributed by atoms with E-state index in [4.69, 9.17) is 16.0 Å². The summed E-state index contributed by atoms with van der Waals surface area (Å²) in [6.07, 6.45) is 0.163. The van der Waals surface area contributed by atoms with Gasteiger partial charge in [0.05, 0.1) is 0 Å². The number of rotatable bonds is 4. The molecule has 1 aromatic heterocycles. The minimum atomic E-state index is 0.0375. The first-order chi connectivity index (χ1) is 8.72. The lowest BCUT2D eigenvalue weighted by Gasteiger charge is -2.33. The normalized spacial score (nSPS) is 17.1. The largest absolute Gasteiger partial charge is 0.423 e. The van der Waals surface area contributed by atoms with Gasteiger partial charge in [0.15, 0.2) is 0 Å². The molecule has 0 unspecified atom stereocenters. The fourth-order valence-corrected chi connectivity index (χ4v) is 2.08. The number of halogens is 1. The highest BCUT2D eigenvalue weighted by molar-refractivity contribution is 6.16. The molecule has 0 saturated carbocycles. The number of amides is 1. The van der Waals surface area contributed by atoms with Crippen molar-refractivity contribution in [1.82, 2.24) is 20.0 Å². The summed E-state index contributed by atoms with van der Waals surface area (Å²) < 4.78 is 5.22. The van der Waals surface area contributed by atoms with Crippen molar-refractivity contribution in [3.63, 3.8) is 0 Å². The van der Waals surface area contributed by atoms with E-state index in [1.807, 2.05) is 4.90 Å². The summed E-state index contributed by atoms with van der Waals surface area (Å²) in [7, 11) is 0. The number of piperazine rings is 1. The number of carbonyl (C=O) groups excluding carboxylic acids is 1. The van der Waals surface area contributed by atoms with E-state index < -0.39 is 0 Å². The molecule has 0 bridgehead atoms. The van der Waals surface area contributed by atoms with Gasteiger partial charge in [0.1, 0.15) is 12.3 Å². The van der Waals surface area contributed by atoms with Crippen molar-refractivity contribution < 1.29 is 9.21 Å². The van der Waals surface area contributed by atoms with Crippen LogP contribution in [0.2, 0.25) is 0 Å². The number of aromatic nitrogens is 2. The highest BCUT2D eigenvalue weighted by atomic mass is 35.5. The molecule has 0 N–H and O–H groups in total. The van der Waals surface area contributed by atoms with Crippen LogP contribution in [-0.4, -0.2) is 58.6 Å². The summed E-state index contributed by atoms with van der Waals surface area (Å²) in [5.41, 5.74) is 0. The smallest absolute Gasteiger partial charge is 0.232 e. The molecule has 1 saturated heterocycles. The lowest BCUT2D eigenvalue weighted by Crippen LogP contribution is -2.48. The molecule has 0 radical (unpaired) electrons. The number of likely N-dealkylation sites (N-methyl/N-ethyl adjacent to an activating group) is 1. The van der Waals surface area contributed by atoms with E-state index in [1.54, 1.807) is 0 Å². The summed E-state index contributed by atoms with van der Waals surface area (Å²) in [4.78, 5) is 16.2. The maximum Gasteiger partial charge on any atom is 0.232 e. The predicted molar refractivity (Wildman–Crippen MR) is 66.3 cm³/mol.